The quantitative estimate of drug-likeness (QED) is 0.735. The van der Waals surface area contributed by atoms with Gasteiger partial charge in [0.1, 0.15) is 12.0 Å². The molecule has 0 fully saturated rings. The summed E-state index contributed by atoms with van der Waals surface area (Å²) < 4.78 is 5.15. The van der Waals surface area contributed by atoms with Crippen LogP contribution in [0.25, 0.3) is 0 Å². The number of hydrogen-bond acceptors (Lipinski definition) is 5. The van der Waals surface area contributed by atoms with Crippen molar-refractivity contribution in [2.45, 2.75) is 26.0 Å². The summed E-state index contributed by atoms with van der Waals surface area (Å²) in [4.78, 5) is 5.77. The summed E-state index contributed by atoms with van der Waals surface area (Å²) >= 11 is 0. The molecule has 1 rings (SSSR count). The van der Waals surface area contributed by atoms with Gasteiger partial charge in [-0.05, 0) is 13.8 Å². The number of nitrogens with zero attached hydrogens (tertiary/aromatic N) is 2. The molecule has 80 valence electrons. The van der Waals surface area contributed by atoms with Crippen LogP contribution in [0, 0.1) is 0 Å². The smallest absolute Gasteiger partial charge is 0.297 e. The van der Waals surface area contributed by atoms with Crippen LogP contribution in [0.15, 0.2) is 10.7 Å². The fraction of sp³-hybridized carbons (Fsp3) is 0.667. The predicted octanol–water partition coefficient (Wildman–Crippen LogP) is 0.374. The first-order chi connectivity index (χ1) is 6.51. The Kier molecular flexibility index (Phi) is 3.13. The maximum atomic E-state index is 9.13. The molecule has 0 atom stereocenters. The van der Waals surface area contributed by atoms with E-state index >= 15 is 0 Å². The molecule has 1 aromatic rings. The highest BCUT2D eigenvalue weighted by atomic mass is 16.4. The number of anilines is 1. The fourth-order valence-corrected chi connectivity index (χ4v) is 0.888. The third kappa shape index (κ3) is 2.05. The average Bonchev–Trinajstić information content (AvgIpc) is 2.64. The fourth-order valence-electron chi connectivity index (χ4n) is 0.888. The van der Waals surface area contributed by atoms with Gasteiger partial charge in [0, 0.05) is 7.05 Å². The van der Waals surface area contributed by atoms with Crippen LogP contribution in [0.4, 0.5) is 6.01 Å². The van der Waals surface area contributed by atoms with E-state index in [2.05, 4.69) is 4.98 Å². The van der Waals surface area contributed by atoms with Gasteiger partial charge < -0.3 is 19.5 Å². The Labute approximate surface area is 83.0 Å². The van der Waals surface area contributed by atoms with Crippen LogP contribution in [-0.2, 0) is 6.61 Å². The van der Waals surface area contributed by atoms with Crippen LogP contribution in [0.2, 0.25) is 0 Å². The first-order valence-electron chi connectivity index (χ1n) is 4.41. The van der Waals surface area contributed by atoms with E-state index in [-0.39, 0.29) is 13.2 Å². The number of likely N-dealkylation sites (N-methyl/N-ethyl adjacent to an activating group) is 1. The highest BCUT2D eigenvalue weighted by Crippen LogP contribution is 2.20. The molecule has 0 bridgehead atoms. The zero-order chi connectivity index (χ0) is 10.8. The third-order valence-electron chi connectivity index (χ3n) is 2.28. The molecule has 5 nitrogen and oxygen atoms in total. The van der Waals surface area contributed by atoms with Gasteiger partial charge in [-0.3, -0.25) is 0 Å². The van der Waals surface area contributed by atoms with Crippen molar-refractivity contribution in [1.82, 2.24) is 4.98 Å². The van der Waals surface area contributed by atoms with E-state index in [1.807, 2.05) is 13.8 Å². The molecule has 0 saturated heterocycles. The first-order valence-corrected chi connectivity index (χ1v) is 4.41. The molecule has 0 aliphatic rings. The molecule has 0 amide bonds. The molecule has 0 aromatic carbocycles. The summed E-state index contributed by atoms with van der Waals surface area (Å²) in [5.74, 6) is 0. The molecule has 2 N–H and O–H groups in total. The standard InChI is InChI=1S/C9H16N2O3/c1-9(2,6-13)11(3)8-10-7(4-12)5-14-8/h5,12-13H,4,6H2,1-3H3. The number of oxazole rings is 1. The van der Waals surface area contributed by atoms with E-state index in [0.29, 0.717) is 11.7 Å². The van der Waals surface area contributed by atoms with Gasteiger partial charge in [-0.1, -0.05) is 0 Å². The van der Waals surface area contributed by atoms with Crippen LogP contribution in [0.1, 0.15) is 19.5 Å². The minimum Gasteiger partial charge on any atom is -0.432 e. The van der Waals surface area contributed by atoms with Crippen molar-refractivity contribution < 1.29 is 14.6 Å². The molecule has 1 heterocycles. The minimum atomic E-state index is -0.433. The van der Waals surface area contributed by atoms with Gasteiger partial charge in [0.05, 0.1) is 18.8 Å². The lowest BCUT2D eigenvalue weighted by Gasteiger charge is -2.32. The van der Waals surface area contributed by atoms with Gasteiger partial charge in [0.15, 0.2) is 0 Å². The zero-order valence-electron chi connectivity index (χ0n) is 8.69. The second-order valence-electron chi connectivity index (χ2n) is 3.81. The Morgan fingerprint density at radius 1 is 1.50 bits per heavy atom. The Morgan fingerprint density at radius 3 is 2.57 bits per heavy atom. The molecule has 0 saturated carbocycles. The van der Waals surface area contributed by atoms with Gasteiger partial charge in [0.25, 0.3) is 6.01 Å². The second kappa shape index (κ2) is 3.98. The summed E-state index contributed by atoms with van der Waals surface area (Å²) in [5, 5.41) is 17.9. The topological polar surface area (TPSA) is 69.7 Å². The van der Waals surface area contributed by atoms with Crippen molar-refractivity contribution in [2.75, 3.05) is 18.6 Å². The first kappa shape index (κ1) is 11.0. The van der Waals surface area contributed by atoms with Crippen molar-refractivity contribution in [2.24, 2.45) is 0 Å². The lowest BCUT2D eigenvalue weighted by molar-refractivity contribution is 0.211. The normalized spacial score (nSPS) is 11.8. The van der Waals surface area contributed by atoms with Gasteiger partial charge >= 0.3 is 0 Å². The molecule has 0 aliphatic heterocycles. The molecule has 5 heteroatoms. The minimum absolute atomic E-state index is 0.000336. The van der Waals surface area contributed by atoms with Crippen LogP contribution in [-0.4, -0.2) is 34.4 Å². The maximum Gasteiger partial charge on any atom is 0.297 e. The Balaban J connectivity index is 2.83. The van der Waals surface area contributed by atoms with Crippen molar-refractivity contribution in [3.63, 3.8) is 0 Å². The summed E-state index contributed by atoms with van der Waals surface area (Å²) in [6.07, 6.45) is 1.40. The molecule has 0 radical (unpaired) electrons. The largest absolute Gasteiger partial charge is 0.432 e. The number of rotatable bonds is 4. The number of aromatic nitrogens is 1. The molecular weight excluding hydrogens is 184 g/mol. The van der Waals surface area contributed by atoms with E-state index in [4.69, 9.17) is 14.6 Å². The molecule has 0 spiro atoms. The monoisotopic (exact) mass is 200 g/mol. The maximum absolute atomic E-state index is 9.13. The Bertz CT molecular complexity index is 296. The number of aliphatic hydroxyl groups is 2. The van der Waals surface area contributed by atoms with E-state index < -0.39 is 5.54 Å². The lowest BCUT2D eigenvalue weighted by atomic mass is 10.1. The Morgan fingerprint density at radius 2 is 2.14 bits per heavy atom. The van der Waals surface area contributed by atoms with Gasteiger partial charge in [-0.2, -0.15) is 4.98 Å². The van der Waals surface area contributed by atoms with E-state index in [0.717, 1.165) is 0 Å². The highest BCUT2D eigenvalue weighted by Gasteiger charge is 2.25. The van der Waals surface area contributed by atoms with E-state index in [1.54, 1.807) is 11.9 Å². The lowest BCUT2D eigenvalue weighted by Crippen LogP contribution is -2.44. The second-order valence-corrected chi connectivity index (χ2v) is 3.81. The third-order valence-corrected chi connectivity index (χ3v) is 2.28. The molecule has 0 unspecified atom stereocenters. The van der Waals surface area contributed by atoms with Gasteiger partial charge in [0.2, 0.25) is 0 Å². The molecular formula is C9H16N2O3. The van der Waals surface area contributed by atoms with E-state index in [9.17, 15) is 0 Å². The predicted molar refractivity (Wildman–Crippen MR) is 52.0 cm³/mol. The Hall–Kier alpha value is -1.07. The number of hydrogen-bond donors (Lipinski definition) is 2. The van der Waals surface area contributed by atoms with Gasteiger partial charge in [-0.25, -0.2) is 0 Å². The van der Waals surface area contributed by atoms with E-state index in [1.165, 1.54) is 6.26 Å². The molecule has 14 heavy (non-hydrogen) atoms. The number of aliphatic hydroxyl groups excluding tert-OH is 2. The van der Waals surface area contributed by atoms with Crippen molar-refractivity contribution in [3.8, 4) is 0 Å². The van der Waals surface area contributed by atoms with Crippen LogP contribution < -0.4 is 4.90 Å². The van der Waals surface area contributed by atoms with Crippen molar-refractivity contribution >= 4 is 6.01 Å². The summed E-state index contributed by atoms with van der Waals surface area (Å²) in [6.45, 7) is 3.60. The molecule has 0 aliphatic carbocycles. The van der Waals surface area contributed by atoms with Crippen molar-refractivity contribution in [3.05, 3.63) is 12.0 Å². The van der Waals surface area contributed by atoms with Crippen LogP contribution in [0.3, 0.4) is 0 Å². The SMILES string of the molecule is CN(c1nc(CO)co1)C(C)(C)CO. The summed E-state index contributed by atoms with van der Waals surface area (Å²) in [5.41, 5.74) is 0.0537. The van der Waals surface area contributed by atoms with Crippen molar-refractivity contribution in [1.29, 1.82) is 0 Å². The zero-order valence-corrected chi connectivity index (χ0v) is 8.69. The summed E-state index contributed by atoms with van der Waals surface area (Å²) in [6, 6.07) is 0.396. The highest BCUT2D eigenvalue weighted by molar-refractivity contribution is 5.30. The van der Waals surface area contributed by atoms with Crippen LogP contribution in [0.5, 0.6) is 0 Å². The molecule has 1 aromatic heterocycles. The average molecular weight is 200 g/mol. The summed E-state index contributed by atoms with van der Waals surface area (Å²) in [7, 11) is 1.78. The van der Waals surface area contributed by atoms with Gasteiger partial charge in [-0.15, -0.1) is 0 Å². The van der Waals surface area contributed by atoms with Crippen LogP contribution >= 0.6 is 0 Å².